The van der Waals surface area contributed by atoms with Crippen molar-refractivity contribution in [2.75, 3.05) is 32.4 Å². The van der Waals surface area contributed by atoms with Gasteiger partial charge < -0.3 is 28.8 Å². The molecule has 0 fully saturated rings. The molecular formula is C22H26N4O5S. The average Bonchev–Trinajstić information content (AvgIpc) is 3.23. The molecule has 0 aliphatic heterocycles. The molecule has 0 saturated heterocycles. The number of carbonyl (C=O) groups is 1. The fourth-order valence-corrected chi connectivity index (χ4v) is 3.73. The SMILES string of the molecule is CCn1c(COc2cccc(OC)c2)nnc1SCC(=O)Nc1ccc(OC)cc1OC. The van der Waals surface area contributed by atoms with Crippen molar-refractivity contribution in [1.29, 1.82) is 0 Å². The second-order valence-corrected chi connectivity index (χ2v) is 7.46. The number of benzene rings is 2. The number of anilines is 1. The van der Waals surface area contributed by atoms with E-state index in [0.29, 0.717) is 40.5 Å². The number of carbonyl (C=O) groups excluding carboxylic acids is 1. The number of rotatable bonds is 11. The molecule has 1 aromatic heterocycles. The van der Waals surface area contributed by atoms with Gasteiger partial charge in [0, 0.05) is 18.7 Å². The molecule has 0 aliphatic carbocycles. The lowest BCUT2D eigenvalue weighted by Gasteiger charge is -2.12. The Kier molecular flexibility index (Phi) is 8.20. The Labute approximate surface area is 191 Å². The van der Waals surface area contributed by atoms with Gasteiger partial charge in [0.15, 0.2) is 11.0 Å². The first-order valence-electron chi connectivity index (χ1n) is 9.91. The number of methoxy groups -OCH3 is 3. The zero-order valence-corrected chi connectivity index (χ0v) is 19.3. The maximum atomic E-state index is 12.5. The molecule has 0 spiro atoms. The van der Waals surface area contributed by atoms with E-state index in [2.05, 4.69) is 15.5 Å². The van der Waals surface area contributed by atoms with Gasteiger partial charge in [0.25, 0.3) is 0 Å². The van der Waals surface area contributed by atoms with Crippen LogP contribution >= 0.6 is 11.8 Å². The molecule has 1 heterocycles. The van der Waals surface area contributed by atoms with Crippen molar-refractivity contribution in [3.63, 3.8) is 0 Å². The summed E-state index contributed by atoms with van der Waals surface area (Å²) in [6.45, 7) is 2.90. The molecule has 0 atom stereocenters. The lowest BCUT2D eigenvalue weighted by molar-refractivity contribution is -0.113. The Morgan fingerprint density at radius 2 is 1.75 bits per heavy atom. The van der Waals surface area contributed by atoms with Crippen LogP contribution < -0.4 is 24.3 Å². The zero-order chi connectivity index (χ0) is 22.9. The van der Waals surface area contributed by atoms with Crippen LogP contribution in [0, 0.1) is 0 Å². The van der Waals surface area contributed by atoms with Gasteiger partial charge in [-0.05, 0) is 31.2 Å². The monoisotopic (exact) mass is 458 g/mol. The van der Waals surface area contributed by atoms with Gasteiger partial charge in [0.05, 0.1) is 32.8 Å². The minimum Gasteiger partial charge on any atom is -0.497 e. The Hall–Kier alpha value is -3.40. The lowest BCUT2D eigenvalue weighted by Crippen LogP contribution is -2.15. The van der Waals surface area contributed by atoms with Gasteiger partial charge in [0.2, 0.25) is 5.91 Å². The van der Waals surface area contributed by atoms with Crippen LogP contribution in [0.2, 0.25) is 0 Å². The molecule has 32 heavy (non-hydrogen) atoms. The topological polar surface area (TPSA) is 96.7 Å². The first-order chi connectivity index (χ1) is 15.6. The third kappa shape index (κ3) is 5.85. The van der Waals surface area contributed by atoms with Crippen LogP contribution in [0.3, 0.4) is 0 Å². The average molecular weight is 459 g/mol. The van der Waals surface area contributed by atoms with Crippen molar-refractivity contribution in [1.82, 2.24) is 14.8 Å². The summed E-state index contributed by atoms with van der Waals surface area (Å²) >= 11 is 1.30. The molecule has 2 aromatic carbocycles. The predicted octanol–water partition coefficient (Wildman–Crippen LogP) is 3.63. The number of nitrogens with zero attached hydrogens (tertiary/aromatic N) is 3. The number of nitrogens with one attached hydrogen (secondary N) is 1. The first kappa shape index (κ1) is 23.3. The summed E-state index contributed by atoms with van der Waals surface area (Å²) in [4.78, 5) is 12.5. The highest BCUT2D eigenvalue weighted by Crippen LogP contribution is 2.29. The molecular weight excluding hydrogens is 432 g/mol. The number of hydrogen-bond acceptors (Lipinski definition) is 8. The van der Waals surface area contributed by atoms with Gasteiger partial charge >= 0.3 is 0 Å². The highest BCUT2D eigenvalue weighted by atomic mass is 32.2. The van der Waals surface area contributed by atoms with E-state index in [1.54, 1.807) is 38.5 Å². The fourth-order valence-electron chi connectivity index (χ4n) is 2.91. The van der Waals surface area contributed by atoms with Gasteiger partial charge in [0.1, 0.15) is 29.6 Å². The third-order valence-corrected chi connectivity index (χ3v) is 5.50. The maximum Gasteiger partial charge on any atom is 0.234 e. The standard InChI is InChI=1S/C22H26N4O5S/c1-5-26-20(13-31-17-8-6-7-15(11-17)28-2)24-25-22(26)32-14-21(27)23-18-10-9-16(29-3)12-19(18)30-4/h6-12H,5,13-14H2,1-4H3,(H,23,27). The van der Waals surface area contributed by atoms with Crippen LogP contribution in [0.15, 0.2) is 47.6 Å². The first-order valence-corrected chi connectivity index (χ1v) is 10.9. The molecule has 0 bridgehead atoms. The van der Waals surface area contributed by atoms with Crippen molar-refractivity contribution in [3.8, 4) is 23.0 Å². The smallest absolute Gasteiger partial charge is 0.234 e. The van der Waals surface area contributed by atoms with Gasteiger partial charge in [-0.2, -0.15) is 0 Å². The molecule has 1 amide bonds. The van der Waals surface area contributed by atoms with Crippen molar-refractivity contribution >= 4 is 23.4 Å². The van der Waals surface area contributed by atoms with E-state index < -0.39 is 0 Å². The molecule has 0 radical (unpaired) electrons. The molecule has 9 nitrogen and oxygen atoms in total. The van der Waals surface area contributed by atoms with E-state index >= 15 is 0 Å². The molecule has 3 rings (SSSR count). The fraction of sp³-hybridized carbons (Fsp3) is 0.318. The Morgan fingerprint density at radius 1 is 1.00 bits per heavy atom. The molecule has 3 aromatic rings. The highest BCUT2D eigenvalue weighted by Gasteiger charge is 2.15. The van der Waals surface area contributed by atoms with Crippen LogP contribution in [0.1, 0.15) is 12.7 Å². The maximum absolute atomic E-state index is 12.5. The van der Waals surface area contributed by atoms with Crippen molar-refractivity contribution in [3.05, 3.63) is 48.3 Å². The van der Waals surface area contributed by atoms with Crippen LogP contribution in [0.25, 0.3) is 0 Å². The summed E-state index contributed by atoms with van der Waals surface area (Å²) in [6.07, 6.45) is 0. The molecule has 0 unspecified atom stereocenters. The largest absolute Gasteiger partial charge is 0.497 e. The molecule has 10 heteroatoms. The summed E-state index contributed by atoms with van der Waals surface area (Å²) < 4.78 is 23.5. The number of aromatic nitrogens is 3. The summed E-state index contributed by atoms with van der Waals surface area (Å²) in [6, 6.07) is 12.6. The summed E-state index contributed by atoms with van der Waals surface area (Å²) in [5, 5.41) is 11.9. The van der Waals surface area contributed by atoms with Crippen molar-refractivity contribution in [2.24, 2.45) is 0 Å². The van der Waals surface area contributed by atoms with Crippen LogP contribution in [-0.4, -0.2) is 47.8 Å². The minimum atomic E-state index is -0.182. The predicted molar refractivity (Wildman–Crippen MR) is 122 cm³/mol. The molecule has 0 saturated carbocycles. The number of hydrogen-bond donors (Lipinski definition) is 1. The van der Waals surface area contributed by atoms with E-state index in [-0.39, 0.29) is 18.3 Å². The lowest BCUT2D eigenvalue weighted by atomic mass is 10.2. The van der Waals surface area contributed by atoms with E-state index in [1.807, 2.05) is 29.7 Å². The van der Waals surface area contributed by atoms with Crippen LogP contribution in [0.5, 0.6) is 23.0 Å². The number of thioether (sulfide) groups is 1. The highest BCUT2D eigenvalue weighted by molar-refractivity contribution is 7.99. The normalized spacial score (nSPS) is 10.5. The van der Waals surface area contributed by atoms with E-state index in [0.717, 1.165) is 5.75 Å². The Bertz CT molecular complexity index is 1060. The molecule has 0 aliphatic rings. The zero-order valence-electron chi connectivity index (χ0n) is 18.5. The Balaban J connectivity index is 1.59. The number of amides is 1. The van der Waals surface area contributed by atoms with Crippen molar-refractivity contribution in [2.45, 2.75) is 25.2 Å². The van der Waals surface area contributed by atoms with E-state index in [9.17, 15) is 4.79 Å². The molecule has 1 N–H and O–H groups in total. The second kappa shape index (κ2) is 11.3. The van der Waals surface area contributed by atoms with Crippen LogP contribution in [-0.2, 0) is 17.9 Å². The second-order valence-electron chi connectivity index (χ2n) is 6.51. The van der Waals surface area contributed by atoms with Gasteiger partial charge in [-0.25, -0.2) is 0 Å². The summed E-state index contributed by atoms with van der Waals surface area (Å²) in [5.74, 6) is 3.23. The summed E-state index contributed by atoms with van der Waals surface area (Å²) in [5.41, 5.74) is 0.572. The Morgan fingerprint density at radius 3 is 2.47 bits per heavy atom. The van der Waals surface area contributed by atoms with Gasteiger partial charge in [-0.15, -0.1) is 10.2 Å². The van der Waals surface area contributed by atoms with Crippen LogP contribution in [0.4, 0.5) is 5.69 Å². The number of ether oxygens (including phenoxy) is 4. The molecule has 170 valence electrons. The third-order valence-electron chi connectivity index (χ3n) is 4.53. The van der Waals surface area contributed by atoms with E-state index in [1.165, 1.54) is 18.9 Å². The van der Waals surface area contributed by atoms with Crippen molar-refractivity contribution < 1.29 is 23.7 Å². The quantitative estimate of drug-likeness (QED) is 0.435. The van der Waals surface area contributed by atoms with Gasteiger partial charge in [-0.1, -0.05) is 17.8 Å². The summed E-state index contributed by atoms with van der Waals surface area (Å²) in [7, 11) is 4.72. The minimum absolute atomic E-state index is 0.171. The van der Waals surface area contributed by atoms with Gasteiger partial charge in [-0.3, -0.25) is 4.79 Å². The van der Waals surface area contributed by atoms with E-state index in [4.69, 9.17) is 18.9 Å².